The number of nitrogens with zero attached hydrogens (tertiary/aromatic N) is 1. The molecule has 2 atom stereocenters. The lowest BCUT2D eigenvalue weighted by Gasteiger charge is -2.33. The molecule has 1 aromatic rings. The van der Waals surface area contributed by atoms with E-state index < -0.39 is 41.5 Å². The quantitative estimate of drug-likeness (QED) is 0.861. The first-order valence-electron chi connectivity index (χ1n) is 7.54. The molecule has 0 aromatic heterocycles. The fourth-order valence-corrected chi connectivity index (χ4v) is 2.41. The molecule has 9 heteroatoms. The van der Waals surface area contributed by atoms with Crippen LogP contribution in [-0.4, -0.2) is 44.1 Å². The number of amides is 1. The summed E-state index contributed by atoms with van der Waals surface area (Å²) in [6, 6.07) is 3.37. The summed E-state index contributed by atoms with van der Waals surface area (Å²) >= 11 is 0. The largest absolute Gasteiger partial charge is 0.385 e. The Labute approximate surface area is 143 Å². The molecular formula is C16H20F3N3O3. The van der Waals surface area contributed by atoms with E-state index in [4.69, 9.17) is 15.2 Å². The van der Waals surface area contributed by atoms with E-state index >= 15 is 0 Å². The Kier molecular flexibility index (Phi) is 5.38. The number of hydrogen-bond acceptors (Lipinski definition) is 5. The van der Waals surface area contributed by atoms with Crippen molar-refractivity contribution in [2.45, 2.75) is 31.4 Å². The van der Waals surface area contributed by atoms with E-state index in [0.717, 1.165) is 19.1 Å². The molecule has 0 bridgehead atoms. The molecule has 2 rings (SSSR count). The Morgan fingerprint density at radius 1 is 1.48 bits per heavy atom. The van der Waals surface area contributed by atoms with Gasteiger partial charge in [-0.05, 0) is 32.0 Å². The zero-order valence-electron chi connectivity index (χ0n) is 14.1. The highest BCUT2D eigenvalue weighted by atomic mass is 19.3. The van der Waals surface area contributed by atoms with Gasteiger partial charge in [0.2, 0.25) is 0 Å². The number of anilines is 1. The highest BCUT2D eigenvalue weighted by Gasteiger charge is 2.54. The van der Waals surface area contributed by atoms with Gasteiger partial charge >= 0.3 is 0 Å². The van der Waals surface area contributed by atoms with Crippen LogP contribution < -0.4 is 11.1 Å². The zero-order valence-corrected chi connectivity index (χ0v) is 14.1. The van der Waals surface area contributed by atoms with Gasteiger partial charge in [-0.25, -0.2) is 13.2 Å². The number of carbonyl (C=O) groups is 1. The smallest absolute Gasteiger partial charge is 0.299 e. The number of halogens is 3. The molecule has 0 saturated carbocycles. The van der Waals surface area contributed by atoms with Crippen LogP contribution in [0.25, 0.3) is 0 Å². The molecule has 25 heavy (non-hydrogen) atoms. The minimum atomic E-state index is -3.50. The summed E-state index contributed by atoms with van der Waals surface area (Å²) in [4.78, 5) is 15.7. The molecule has 3 N–H and O–H groups in total. The standard InChI is InChI=1S/C16H20F3N3O3/c1-9(24-3)14(23)21-10-4-5-12(17)11(6-10)15(2)16(18,19)8-25-7-13(20)22-15/h4-6,9H,7-8H2,1-3H3,(H2,20,22)(H,21,23). The van der Waals surface area contributed by atoms with Crippen LogP contribution in [0.3, 0.4) is 0 Å². The lowest BCUT2D eigenvalue weighted by molar-refractivity contribution is -0.124. The van der Waals surface area contributed by atoms with Crippen LogP contribution in [0.2, 0.25) is 0 Å². The number of alkyl halides is 2. The third kappa shape index (κ3) is 3.77. The van der Waals surface area contributed by atoms with Crippen LogP contribution in [0.4, 0.5) is 18.9 Å². The van der Waals surface area contributed by atoms with Crippen molar-refractivity contribution < 1.29 is 27.4 Å². The predicted molar refractivity (Wildman–Crippen MR) is 86.2 cm³/mol. The van der Waals surface area contributed by atoms with Gasteiger partial charge in [0.05, 0.1) is 0 Å². The van der Waals surface area contributed by atoms with E-state index in [0.29, 0.717) is 0 Å². The molecule has 0 fully saturated rings. The van der Waals surface area contributed by atoms with Crippen LogP contribution >= 0.6 is 0 Å². The predicted octanol–water partition coefficient (Wildman–Crippen LogP) is 2.04. The van der Waals surface area contributed by atoms with Crippen molar-refractivity contribution in [3.63, 3.8) is 0 Å². The summed E-state index contributed by atoms with van der Waals surface area (Å²) in [6.45, 7) is 1.37. The number of aliphatic imine (C=N–C) groups is 1. The average molecular weight is 359 g/mol. The van der Waals surface area contributed by atoms with Gasteiger partial charge < -0.3 is 20.5 Å². The molecule has 1 aliphatic rings. The summed E-state index contributed by atoms with van der Waals surface area (Å²) < 4.78 is 53.2. The van der Waals surface area contributed by atoms with Crippen molar-refractivity contribution in [1.82, 2.24) is 0 Å². The van der Waals surface area contributed by atoms with E-state index in [2.05, 4.69) is 10.3 Å². The van der Waals surface area contributed by atoms with E-state index in [9.17, 15) is 18.0 Å². The first kappa shape index (κ1) is 19.2. The first-order valence-corrected chi connectivity index (χ1v) is 7.54. The molecule has 1 amide bonds. The van der Waals surface area contributed by atoms with E-state index in [1.807, 2.05) is 0 Å². The number of ether oxygens (including phenoxy) is 2. The third-order valence-corrected chi connectivity index (χ3v) is 4.09. The Hall–Kier alpha value is -2.13. The SMILES string of the molecule is COC(C)C(=O)Nc1ccc(F)c(C2(C)N=C(N)COCC2(F)F)c1. The highest BCUT2D eigenvalue weighted by Crippen LogP contribution is 2.44. The van der Waals surface area contributed by atoms with Crippen molar-refractivity contribution in [2.75, 3.05) is 25.6 Å². The molecule has 0 saturated heterocycles. The Morgan fingerprint density at radius 2 is 2.16 bits per heavy atom. The van der Waals surface area contributed by atoms with Gasteiger partial charge in [-0.2, -0.15) is 0 Å². The molecule has 1 aromatic carbocycles. The highest BCUT2D eigenvalue weighted by molar-refractivity contribution is 5.94. The van der Waals surface area contributed by atoms with E-state index in [1.165, 1.54) is 20.1 Å². The first-order chi connectivity index (χ1) is 11.6. The van der Waals surface area contributed by atoms with Gasteiger partial charge in [0.15, 0.2) is 5.54 Å². The average Bonchev–Trinajstić information content (AvgIpc) is 2.64. The number of benzene rings is 1. The number of hydrogen-bond donors (Lipinski definition) is 2. The van der Waals surface area contributed by atoms with Crippen LogP contribution in [0, 0.1) is 5.82 Å². The number of nitrogens with one attached hydrogen (secondary N) is 1. The Morgan fingerprint density at radius 3 is 2.80 bits per heavy atom. The Balaban J connectivity index is 2.48. The number of nitrogens with two attached hydrogens (primary N) is 1. The normalized spacial score (nSPS) is 24.2. The fourth-order valence-electron chi connectivity index (χ4n) is 2.41. The van der Waals surface area contributed by atoms with E-state index in [1.54, 1.807) is 0 Å². The number of rotatable bonds is 4. The maximum absolute atomic E-state index is 14.6. The van der Waals surface area contributed by atoms with Crippen molar-refractivity contribution in [2.24, 2.45) is 10.7 Å². The lowest BCUT2D eigenvalue weighted by atomic mass is 9.85. The monoisotopic (exact) mass is 359 g/mol. The second-order valence-corrected chi connectivity index (χ2v) is 5.93. The van der Waals surface area contributed by atoms with Gasteiger partial charge in [-0.15, -0.1) is 0 Å². The number of carbonyl (C=O) groups excluding carboxylic acids is 1. The maximum atomic E-state index is 14.6. The second kappa shape index (κ2) is 7.01. The molecule has 2 unspecified atom stereocenters. The van der Waals surface area contributed by atoms with Crippen LogP contribution in [0.5, 0.6) is 0 Å². The minimum Gasteiger partial charge on any atom is -0.385 e. The van der Waals surface area contributed by atoms with Crippen molar-refractivity contribution in [3.05, 3.63) is 29.6 Å². The molecular weight excluding hydrogens is 339 g/mol. The summed E-state index contributed by atoms with van der Waals surface area (Å²) in [5.74, 6) is -5.05. The Bertz CT molecular complexity index is 696. The zero-order chi connectivity index (χ0) is 18.8. The van der Waals surface area contributed by atoms with E-state index in [-0.39, 0.29) is 18.1 Å². The molecule has 6 nitrogen and oxygen atoms in total. The van der Waals surface area contributed by atoms with Gasteiger partial charge in [0, 0.05) is 18.4 Å². The molecule has 138 valence electrons. The maximum Gasteiger partial charge on any atom is 0.299 e. The summed E-state index contributed by atoms with van der Waals surface area (Å²) in [6.07, 6.45) is -0.759. The van der Waals surface area contributed by atoms with Crippen LogP contribution in [-0.2, 0) is 19.8 Å². The second-order valence-electron chi connectivity index (χ2n) is 5.93. The van der Waals surface area contributed by atoms with Gasteiger partial charge in [-0.1, -0.05) is 0 Å². The molecule has 1 aliphatic heterocycles. The number of methoxy groups -OCH3 is 1. The molecule has 0 radical (unpaired) electrons. The fraction of sp³-hybridized carbons (Fsp3) is 0.500. The molecule has 0 spiro atoms. The summed E-state index contributed by atoms with van der Waals surface area (Å²) in [5.41, 5.74) is 3.05. The lowest BCUT2D eigenvalue weighted by Crippen LogP contribution is -2.45. The summed E-state index contributed by atoms with van der Waals surface area (Å²) in [7, 11) is 1.35. The van der Waals surface area contributed by atoms with Gasteiger partial charge in [-0.3, -0.25) is 9.79 Å². The van der Waals surface area contributed by atoms with Crippen LogP contribution in [0.1, 0.15) is 19.4 Å². The third-order valence-electron chi connectivity index (χ3n) is 4.09. The number of amidine groups is 1. The topological polar surface area (TPSA) is 85.9 Å². The van der Waals surface area contributed by atoms with Crippen molar-refractivity contribution in [3.8, 4) is 0 Å². The van der Waals surface area contributed by atoms with Crippen LogP contribution in [0.15, 0.2) is 23.2 Å². The molecule has 1 heterocycles. The van der Waals surface area contributed by atoms with Crippen molar-refractivity contribution >= 4 is 17.4 Å². The summed E-state index contributed by atoms with van der Waals surface area (Å²) in [5, 5.41) is 2.48. The van der Waals surface area contributed by atoms with Crippen molar-refractivity contribution in [1.29, 1.82) is 0 Å². The van der Waals surface area contributed by atoms with Gasteiger partial charge in [0.25, 0.3) is 11.8 Å². The van der Waals surface area contributed by atoms with Gasteiger partial charge in [0.1, 0.15) is 31.0 Å². The minimum absolute atomic E-state index is 0.140. The molecule has 0 aliphatic carbocycles.